The van der Waals surface area contributed by atoms with Crippen molar-refractivity contribution in [3.63, 3.8) is 0 Å². The van der Waals surface area contributed by atoms with Gasteiger partial charge in [-0.3, -0.25) is 5.43 Å². The third kappa shape index (κ3) is 3.75. The molecule has 0 amide bonds. The fourth-order valence-corrected chi connectivity index (χ4v) is 1.52. The number of hydrogen-bond donors (Lipinski definition) is 3. The maximum Gasteiger partial charge on any atom is 0.323 e. The minimum Gasteiger partial charge on any atom is -0.464 e. The van der Waals surface area contributed by atoms with Crippen LogP contribution in [0, 0.1) is 5.82 Å². The van der Waals surface area contributed by atoms with Gasteiger partial charge < -0.3 is 10.1 Å². The van der Waals surface area contributed by atoms with Crippen molar-refractivity contribution in [2.24, 2.45) is 5.84 Å². The van der Waals surface area contributed by atoms with Crippen molar-refractivity contribution in [3.05, 3.63) is 35.6 Å². The number of hydrazine groups is 1. The summed E-state index contributed by atoms with van der Waals surface area (Å²) < 4.78 is 18.3. The van der Waals surface area contributed by atoms with Gasteiger partial charge >= 0.3 is 6.01 Å². The van der Waals surface area contributed by atoms with Crippen LogP contribution in [-0.4, -0.2) is 21.6 Å². The fraction of sp³-hybridized carbons (Fsp3) is 0.250. The summed E-state index contributed by atoms with van der Waals surface area (Å²) in [6, 6.07) is 6.41. The molecule has 8 heteroatoms. The lowest BCUT2D eigenvalue weighted by Gasteiger charge is -2.08. The number of benzene rings is 1. The van der Waals surface area contributed by atoms with Crippen LogP contribution in [0.5, 0.6) is 6.01 Å². The van der Waals surface area contributed by atoms with E-state index in [-0.39, 0.29) is 17.8 Å². The van der Waals surface area contributed by atoms with E-state index >= 15 is 0 Å². The summed E-state index contributed by atoms with van der Waals surface area (Å²) in [6.07, 6.45) is 0. The van der Waals surface area contributed by atoms with E-state index in [2.05, 4.69) is 25.7 Å². The van der Waals surface area contributed by atoms with Crippen LogP contribution < -0.4 is 21.3 Å². The first-order chi connectivity index (χ1) is 9.71. The van der Waals surface area contributed by atoms with E-state index in [1.807, 2.05) is 6.92 Å². The molecule has 1 heterocycles. The molecule has 0 bridgehead atoms. The minimum atomic E-state index is -0.292. The highest BCUT2D eigenvalue weighted by Gasteiger charge is 2.06. The Morgan fingerprint density at radius 2 is 2.05 bits per heavy atom. The van der Waals surface area contributed by atoms with Crippen molar-refractivity contribution in [1.29, 1.82) is 0 Å². The van der Waals surface area contributed by atoms with Crippen LogP contribution in [0.1, 0.15) is 12.5 Å². The molecule has 2 rings (SSSR count). The van der Waals surface area contributed by atoms with Gasteiger partial charge in [0.2, 0.25) is 11.9 Å². The molecule has 20 heavy (non-hydrogen) atoms. The molecule has 0 unspecified atom stereocenters. The van der Waals surface area contributed by atoms with E-state index in [1.54, 1.807) is 12.1 Å². The fourth-order valence-electron chi connectivity index (χ4n) is 1.52. The van der Waals surface area contributed by atoms with E-state index < -0.39 is 0 Å². The number of nitrogen functional groups attached to an aromatic ring is 1. The molecule has 4 N–H and O–H groups in total. The predicted octanol–water partition coefficient (Wildman–Crippen LogP) is 1.31. The van der Waals surface area contributed by atoms with Crippen LogP contribution >= 0.6 is 0 Å². The molecule has 106 valence electrons. The maximum atomic E-state index is 13.1. The van der Waals surface area contributed by atoms with Crippen molar-refractivity contribution in [1.82, 2.24) is 15.0 Å². The van der Waals surface area contributed by atoms with Crippen LogP contribution in [0.3, 0.4) is 0 Å². The largest absolute Gasteiger partial charge is 0.464 e. The summed E-state index contributed by atoms with van der Waals surface area (Å²) >= 11 is 0. The van der Waals surface area contributed by atoms with Crippen LogP contribution in [0.2, 0.25) is 0 Å². The zero-order chi connectivity index (χ0) is 14.4. The Kier molecular flexibility index (Phi) is 4.61. The van der Waals surface area contributed by atoms with Gasteiger partial charge in [-0.15, -0.1) is 0 Å². The van der Waals surface area contributed by atoms with Gasteiger partial charge in [-0.1, -0.05) is 12.1 Å². The second-order valence-corrected chi connectivity index (χ2v) is 3.83. The summed E-state index contributed by atoms with van der Waals surface area (Å²) in [7, 11) is 0. The number of nitrogens with one attached hydrogen (secondary N) is 2. The highest BCUT2D eigenvalue weighted by Crippen LogP contribution is 2.12. The van der Waals surface area contributed by atoms with E-state index in [1.165, 1.54) is 12.1 Å². The Morgan fingerprint density at radius 1 is 1.25 bits per heavy atom. The van der Waals surface area contributed by atoms with Crippen molar-refractivity contribution in [2.75, 3.05) is 17.3 Å². The molecule has 2 aromatic rings. The Balaban J connectivity index is 2.10. The van der Waals surface area contributed by atoms with Crippen LogP contribution in [0.15, 0.2) is 24.3 Å². The molecule has 0 saturated carbocycles. The summed E-state index contributed by atoms with van der Waals surface area (Å²) in [6.45, 7) is 2.62. The van der Waals surface area contributed by atoms with Gasteiger partial charge in [-0.25, -0.2) is 10.2 Å². The first-order valence-corrected chi connectivity index (χ1v) is 6.05. The second-order valence-electron chi connectivity index (χ2n) is 3.83. The molecular weight excluding hydrogens is 263 g/mol. The SMILES string of the molecule is CCOc1nc(NN)nc(NCc2cccc(F)c2)n1. The third-order valence-electron chi connectivity index (χ3n) is 2.36. The summed E-state index contributed by atoms with van der Waals surface area (Å²) in [5.41, 5.74) is 3.10. The number of rotatable bonds is 6. The standard InChI is InChI=1S/C12H15FN6O/c1-2-20-12-17-10(16-11(18-12)19-14)15-7-8-4-3-5-9(13)6-8/h3-6H,2,7,14H2,1H3,(H2,15,16,17,18,19). The third-order valence-corrected chi connectivity index (χ3v) is 2.36. The molecule has 0 aliphatic heterocycles. The predicted molar refractivity (Wildman–Crippen MR) is 72.5 cm³/mol. The molecule has 0 saturated heterocycles. The lowest BCUT2D eigenvalue weighted by molar-refractivity contribution is 0.312. The number of hydrogen-bond acceptors (Lipinski definition) is 7. The average Bonchev–Trinajstić information content (AvgIpc) is 2.45. The first-order valence-electron chi connectivity index (χ1n) is 6.05. The smallest absolute Gasteiger partial charge is 0.323 e. The zero-order valence-electron chi connectivity index (χ0n) is 10.9. The minimum absolute atomic E-state index is 0.164. The van der Waals surface area contributed by atoms with Crippen molar-refractivity contribution >= 4 is 11.9 Å². The van der Waals surface area contributed by atoms with E-state index in [9.17, 15) is 4.39 Å². The molecule has 0 atom stereocenters. The van der Waals surface area contributed by atoms with Crippen LogP contribution in [-0.2, 0) is 6.54 Å². The molecule has 0 aliphatic rings. The summed E-state index contributed by atoms with van der Waals surface area (Å²) in [5.74, 6) is 5.46. The van der Waals surface area contributed by atoms with Crippen molar-refractivity contribution in [2.45, 2.75) is 13.5 Å². The molecule has 1 aromatic heterocycles. The van der Waals surface area contributed by atoms with E-state index in [0.29, 0.717) is 19.1 Å². The van der Waals surface area contributed by atoms with Crippen molar-refractivity contribution < 1.29 is 9.13 Å². The number of nitrogens with two attached hydrogens (primary N) is 1. The van der Waals surface area contributed by atoms with Gasteiger partial charge in [0, 0.05) is 6.54 Å². The number of anilines is 2. The Labute approximate surface area is 115 Å². The van der Waals surface area contributed by atoms with Gasteiger partial charge in [0.15, 0.2) is 0 Å². The van der Waals surface area contributed by atoms with Crippen molar-refractivity contribution in [3.8, 4) is 6.01 Å². The number of aromatic nitrogens is 3. The quantitative estimate of drug-likeness (QED) is 0.541. The molecule has 0 spiro atoms. The van der Waals surface area contributed by atoms with Gasteiger partial charge in [-0.05, 0) is 24.6 Å². The highest BCUT2D eigenvalue weighted by molar-refractivity contribution is 5.35. The van der Waals surface area contributed by atoms with Crippen LogP contribution in [0.4, 0.5) is 16.3 Å². The van der Waals surface area contributed by atoms with E-state index in [0.717, 1.165) is 5.56 Å². The molecular formula is C12H15FN6O. The highest BCUT2D eigenvalue weighted by atomic mass is 19.1. The average molecular weight is 278 g/mol. The molecule has 0 aliphatic carbocycles. The maximum absolute atomic E-state index is 13.1. The summed E-state index contributed by atoms with van der Waals surface area (Å²) in [4.78, 5) is 12.0. The first kappa shape index (κ1) is 13.9. The topological polar surface area (TPSA) is 98.0 Å². The monoisotopic (exact) mass is 278 g/mol. The zero-order valence-corrected chi connectivity index (χ0v) is 10.9. The Bertz CT molecular complexity index is 580. The van der Waals surface area contributed by atoms with Gasteiger partial charge in [0.05, 0.1) is 6.61 Å². The number of halogens is 1. The van der Waals surface area contributed by atoms with E-state index in [4.69, 9.17) is 10.6 Å². The lowest BCUT2D eigenvalue weighted by atomic mass is 10.2. The molecule has 0 radical (unpaired) electrons. The number of nitrogens with zero attached hydrogens (tertiary/aromatic N) is 3. The summed E-state index contributed by atoms with van der Waals surface area (Å²) in [5, 5.41) is 2.96. The number of ether oxygens (including phenoxy) is 1. The normalized spacial score (nSPS) is 10.2. The van der Waals surface area contributed by atoms with Gasteiger partial charge in [0.1, 0.15) is 5.82 Å². The second kappa shape index (κ2) is 6.62. The van der Waals surface area contributed by atoms with Gasteiger partial charge in [-0.2, -0.15) is 15.0 Å². The van der Waals surface area contributed by atoms with Crippen LogP contribution in [0.25, 0.3) is 0 Å². The Morgan fingerprint density at radius 3 is 2.75 bits per heavy atom. The molecule has 1 aromatic carbocycles. The molecule has 0 fully saturated rings. The van der Waals surface area contributed by atoms with Gasteiger partial charge in [0.25, 0.3) is 0 Å². The molecule has 7 nitrogen and oxygen atoms in total. The lowest BCUT2D eigenvalue weighted by Crippen LogP contribution is -2.14. The Hall–Kier alpha value is -2.48.